The number of benzene rings is 2. The molecule has 0 aliphatic carbocycles. The predicted octanol–water partition coefficient (Wildman–Crippen LogP) is 2.87. The van der Waals surface area contributed by atoms with E-state index in [2.05, 4.69) is 15.4 Å². The molecule has 0 aromatic heterocycles. The summed E-state index contributed by atoms with van der Waals surface area (Å²) in [4.78, 5) is 12.6. The van der Waals surface area contributed by atoms with Crippen molar-refractivity contribution in [3.05, 3.63) is 59.2 Å². The Balaban J connectivity index is 0.00000364. The number of likely N-dealkylation sites (N-methyl/N-ethyl adjacent to an activating group) is 1. The molecule has 1 amide bonds. The number of amides is 1. The summed E-state index contributed by atoms with van der Waals surface area (Å²) >= 11 is 0. The lowest BCUT2D eigenvalue weighted by Gasteiger charge is -2.14. The maximum atomic E-state index is 12.8. The summed E-state index contributed by atoms with van der Waals surface area (Å²) in [6, 6.07) is 11.8. The van der Waals surface area contributed by atoms with Gasteiger partial charge < -0.3 is 10.6 Å². The highest BCUT2D eigenvalue weighted by Crippen LogP contribution is 2.23. The van der Waals surface area contributed by atoms with E-state index in [0.29, 0.717) is 18.7 Å². The number of hydrogen-bond donors (Lipinski definition) is 3. The van der Waals surface area contributed by atoms with Crippen molar-refractivity contribution in [2.24, 2.45) is 0 Å². The molecule has 148 valence electrons. The molecule has 0 radical (unpaired) electrons. The van der Waals surface area contributed by atoms with Crippen LogP contribution in [0.5, 0.6) is 0 Å². The third-order valence-corrected chi connectivity index (χ3v) is 5.39. The number of carbonyl (C=O) groups is 1. The average Bonchev–Trinajstić information content (AvgIpc) is 2.60. The Bertz CT molecular complexity index is 886. The van der Waals surface area contributed by atoms with E-state index in [0.717, 1.165) is 12.1 Å². The van der Waals surface area contributed by atoms with Crippen molar-refractivity contribution in [2.75, 3.05) is 24.4 Å². The lowest BCUT2D eigenvalue weighted by atomic mass is 10.1. The van der Waals surface area contributed by atoms with Crippen LogP contribution in [0, 0.1) is 13.8 Å². The van der Waals surface area contributed by atoms with E-state index in [-0.39, 0.29) is 34.5 Å². The zero-order valence-electron chi connectivity index (χ0n) is 15.7. The molecule has 0 fully saturated rings. The van der Waals surface area contributed by atoms with Crippen molar-refractivity contribution in [1.82, 2.24) is 10.6 Å². The van der Waals surface area contributed by atoms with Crippen LogP contribution in [-0.2, 0) is 10.0 Å². The average molecular weight is 412 g/mol. The monoisotopic (exact) mass is 411 g/mol. The molecule has 0 spiro atoms. The Morgan fingerprint density at radius 2 is 1.74 bits per heavy atom. The van der Waals surface area contributed by atoms with Crippen LogP contribution in [0.3, 0.4) is 0 Å². The molecule has 0 unspecified atom stereocenters. The number of para-hydroxylation sites is 1. The van der Waals surface area contributed by atoms with E-state index in [4.69, 9.17) is 0 Å². The molecule has 0 heterocycles. The van der Waals surface area contributed by atoms with Crippen LogP contribution < -0.4 is 15.4 Å². The predicted molar refractivity (Wildman–Crippen MR) is 111 cm³/mol. The Kier molecular flexibility index (Phi) is 8.75. The smallest absolute Gasteiger partial charge is 0.262 e. The summed E-state index contributed by atoms with van der Waals surface area (Å²) in [6.07, 6.45) is 0. The maximum Gasteiger partial charge on any atom is 0.262 e. The third kappa shape index (κ3) is 6.23. The normalized spacial score (nSPS) is 10.8. The molecule has 8 heteroatoms. The third-order valence-electron chi connectivity index (χ3n) is 3.89. The Morgan fingerprint density at radius 1 is 1.04 bits per heavy atom. The van der Waals surface area contributed by atoms with Gasteiger partial charge in [-0.2, -0.15) is 0 Å². The first-order chi connectivity index (χ1) is 12.3. The quantitative estimate of drug-likeness (QED) is 0.583. The Morgan fingerprint density at radius 3 is 2.44 bits per heavy atom. The Labute approximate surface area is 167 Å². The Hall–Kier alpha value is -2.09. The van der Waals surface area contributed by atoms with Crippen LogP contribution in [0.15, 0.2) is 47.4 Å². The summed E-state index contributed by atoms with van der Waals surface area (Å²) in [5.74, 6) is -0.317. The van der Waals surface area contributed by atoms with Gasteiger partial charge in [-0.1, -0.05) is 31.2 Å². The number of sulfonamides is 1. The van der Waals surface area contributed by atoms with Gasteiger partial charge >= 0.3 is 0 Å². The minimum Gasteiger partial charge on any atom is -0.351 e. The van der Waals surface area contributed by atoms with Gasteiger partial charge in [-0.25, -0.2) is 8.42 Å². The highest BCUT2D eigenvalue weighted by Gasteiger charge is 2.20. The number of rotatable bonds is 8. The molecule has 3 N–H and O–H groups in total. The molecule has 0 atom stereocenters. The largest absolute Gasteiger partial charge is 0.351 e. The topological polar surface area (TPSA) is 87.3 Å². The van der Waals surface area contributed by atoms with Crippen LogP contribution >= 0.6 is 12.4 Å². The zero-order chi connectivity index (χ0) is 19.2. The van der Waals surface area contributed by atoms with Gasteiger partial charge in [-0.15, -0.1) is 12.4 Å². The minimum atomic E-state index is -3.79. The summed E-state index contributed by atoms with van der Waals surface area (Å²) in [6.45, 7) is 7.50. The van der Waals surface area contributed by atoms with E-state index in [1.54, 1.807) is 43.3 Å². The first kappa shape index (κ1) is 23.0. The molecule has 0 saturated carbocycles. The SMILES string of the molecule is CCNCCNC(=O)c1ccccc1NS(=O)(=O)c1cc(C)ccc1C.Cl. The van der Waals surface area contributed by atoms with Crippen LogP contribution in [0.1, 0.15) is 28.4 Å². The summed E-state index contributed by atoms with van der Waals surface area (Å²) in [5.41, 5.74) is 2.05. The van der Waals surface area contributed by atoms with Crippen molar-refractivity contribution in [3.8, 4) is 0 Å². The van der Waals surface area contributed by atoms with Crippen LogP contribution in [-0.4, -0.2) is 34.0 Å². The van der Waals surface area contributed by atoms with Gasteiger partial charge in [0.05, 0.1) is 16.1 Å². The molecular formula is C19H26ClN3O3S. The van der Waals surface area contributed by atoms with Gasteiger partial charge in [0.25, 0.3) is 15.9 Å². The lowest BCUT2D eigenvalue weighted by molar-refractivity contribution is 0.0955. The van der Waals surface area contributed by atoms with Crippen molar-refractivity contribution < 1.29 is 13.2 Å². The molecule has 0 aliphatic heterocycles. The fourth-order valence-corrected chi connectivity index (χ4v) is 3.91. The minimum absolute atomic E-state index is 0. The molecule has 2 aromatic rings. The number of anilines is 1. The van der Waals surface area contributed by atoms with Crippen molar-refractivity contribution in [1.29, 1.82) is 0 Å². The van der Waals surface area contributed by atoms with E-state index < -0.39 is 10.0 Å². The molecule has 27 heavy (non-hydrogen) atoms. The fraction of sp³-hybridized carbons (Fsp3) is 0.316. The number of aryl methyl sites for hydroxylation is 2. The lowest BCUT2D eigenvalue weighted by Crippen LogP contribution is -2.32. The van der Waals surface area contributed by atoms with Crippen LogP contribution in [0.2, 0.25) is 0 Å². The second-order valence-electron chi connectivity index (χ2n) is 6.03. The molecule has 0 saturated heterocycles. The molecule has 0 bridgehead atoms. The van der Waals surface area contributed by atoms with E-state index in [1.807, 2.05) is 19.9 Å². The summed E-state index contributed by atoms with van der Waals surface area (Å²) in [5, 5.41) is 5.90. The van der Waals surface area contributed by atoms with Crippen molar-refractivity contribution in [3.63, 3.8) is 0 Å². The van der Waals surface area contributed by atoms with E-state index in [1.165, 1.54) is 0 Å². The number of hydrogen-bond acceptors (Lipinski definition) is 4. The van der Waals surface area contributed by atoms with Gasteiger partial charge in [0.1, 0.15) is 0 Å². The molecule has 2 rings (SSSR count). The summed E-state index contributed by atoms with van der Waals surface area (Å²) in [7, 11) is -3.79. The number of halogens is 1. The van der Waals surface area contributed by atoms with Crippen molar-refractivity contribution in [2.45, 2.75) is 25.7 Å². The van der Waals surface area contributed by atoms with Crippen LogP contribution in [0.4, 0.5) is 5.69 Å². The second kappa shape index (κ2) is 10.3. The van der Waals surface area contributed by atoms with Gasteiger partial charge in [0.15, 0.2) is 0 Å². The zero-order valence-corrected chi connectivity index (χ0v) is 17.3. The highest BCUT2D eigenvalue weighted by molar-refractivity contribution is 7.92. The highest BCUT2D eigenvalue weighted by atomic mass is 35.5. The molecule has 2 aromatic carbocycles. The maximum absolute atomic E-state index is 12.8. The van der Waals surface area contributed by atoms with Gasteiger partial charge in [0, 0.05) is 13.1 Å². The van der Waals surface area contributed by atoms with Gasteiger partial charge in [-0.3, -0.25) is 9.52 Å². The van der Waals surface area contributed by atoms with Gasteiger partial charge in [0.2, 0.25) is 0 Å². The first-order valence-electron chi connectivity index (χ1n) is 8.53. The van der Waals surface area contributed by atoms with E-state index >= 15 is 0 Å². The van der Waals surface area contributed by atoms with Gasteiger partial charge in [-0.05, 0) is 49.7 Å². The fourth-order valence-electron chi connectivity index (χ4n) is 2.50. The molecule has 0 aliphatic rings. The molecule has 6 nitrogen and oxygen atoms in total. The second-order valence-corrected chi connectivity index (χ2v) is 7.68. The van der Waals surface area contributed by atoms with Crippen LogP contribution in [0.25, 0.3) is 0 Å². The molecular weight excluding hydrogens is 386 g/mol. The number of nitrogens with one attached hydrogen (secondary N) is 3. The summed E-state index contributed by atoms with van der Waals surface area (Å²) < 4.78 is 28.1. The van der Waals surface area contributed by atoms with Crippen molar-refractivity contribution >= 4 is 34.0 Å². The standard InChI is InChI=1S/C19H25N3O3S.ClH/c1-4-20-11-12-21-19(23)16-7-5-6-8-17(16)22-26(24,25)18-13-14(2)9-10-15(18)3;/h5-10,13,20,22H,4,11-12H2,1-3H3,(H,21,23);1H. The van der Waals surface area contributed by atoms with E-state index in [9.17, 15) is 13.2 Å². The number of carbonyl (C=O) groups excluding carboxylic acids is 1. The first-order valence-corrected chi connectivity index (χ1v) is 10.0.